The highest BCUT2D eigenvalue weighted by atomic mass is 16.4. The Morgan fingerprint density at radius 1 is 0.535 bits per heavy atom. The van der Waals surface area contributed by atoms with Crippen LogP contribution in [0.25, 0.3) is 55.1 Å². The Bertz CT molecular complexity index is 2070. The van der Waals surface area contributed by atoms with Gasteiger partial charge in [-0.3, -0.25) is 4.57 Å². The van der Waals surface area contributed by atoms with Gasteiger partial charge in [0.05, 0.1) is 33.3 Å². The molecule has 0 fully saturated rings. The summed E-state index contributed by atoms with van der Waals surface area (Å²) in [5.74, 6) is 0.639. The molecule has 2 N–H and O–H groups in total. The third kappa shape index (κ3) is 4.44. The molecule has 0 radical (unpaired) electrons. The lowest BCUT2D eigenvalue weighted by atomic mass is 9.85. The molecule has 0 bridgehead atoms. The minimum atomic E-state index is -1.73. The molecule has 0 aliphatic rings. The van der Waals surface area contributed by atoms with Crippen molar-refractivity contribution in [2.75, 3.05) is 0 Å². The zero-order valence-corrected chi connectivity index (χ0v) is 25.6. The lowest BCUT2D eigenvalue weighted by molar-refractivity contribution is 0.424. The maximum atomic E-state index is 10.5. The van der Waals surface area contributed by atoms with Crippen LogP contribution >= 0.6 is 0 Å². The van der Waals surface area contributed by atoms with Crippen LogP contribution in [0.15, 0.2) is 97.1 Å². The number of fused-ring (bicyclic) bond motifs is 6. The molecule has 5 nitrogen and oxygen atoms in total. The zero-order chi connectivity index (χ0) is 30.3. The Balaban J connectivity index is 1.61. The Morgan fingerprint density at radius 3 is 1.47 bits per heavy atom. The second-order valence-electron chi connectivity index (χ2n) is 13.7. The molecule has 0 saturated heterocycles. The summed E-state index contributed by atoms with van der Waals surface area (Å²) in [5, 5.41) is 25.6. The van der Waals surface area contributed by atoms with E-state index in [0.717, 1.165) is 49.3 Å². The van der Waals surface area contributed by atoms with Crippen molar-refractivity contribution in [3.05, 3.63) is 108 Å². The van der Waals surface area contributed by atoms with Crippen molar-refractivity contribution in [3.63, 3.8) is 0 Å². The average molecular weight is 566 g/mol. The minimum Gasteiger partial charge on any atom is -0.422 e. The maximum absolute atomic E-state index is 10.5. The second-order valence-corrected chi connectivity index (χ2v) is 13.7. The lowest BCUT2D eigenvalue weighted by Crippen LogP contribution is -2.34. The lowest BCUT2D eigenvalue weighted by Gasteiger charge is -2.20. The van der Waals surface area contributed by atoms with Gasteiger partial charge >= 0.3 is 7.12 Å². The Labute approximate surface area is 252 Å². The van der Waals surface area contributed by atoms with Gasteiger partial charge in [-0.2, -0.15) is 0 Å². The quantitative estimate of drug-likeness (QED) is 0.218. The van der Waals surface area contributed by atoms with Crippen molar-refractivity contribution in [1.82, 2.24) is 14.1 Å². The van der Waals surface area contributed by atoms with Crippen LogP contribution in [0.2, 0.25) is 0 Å². The van der Waals surface area contributed by atoms with E-state index < -0.39 is 7.12 Å². The third-order valence-electron chi connectivity index (χ3n) is 8.65. The Kier molecular flexibility index (Phi) is 6.10. The number of rotatable bonds is 3. The van der Waals surface area contributed by atoms with E-state index in [4.69, 9.17) is 4.98 Å². The van der Waals surface area contributed by atoms with Gasteiger partial charge in [0.25, 0.3) is 0 Å². The summed E-state index contributed by atoms with van der Waals surface area (Å²) in [6.45, 7) is 13.3. The van der Waals surface area contributed by atoms with Gasteiger partial charge in [0, 0.05) is 27.6 Å². The molecule has 7 aromatic rings. The van der Waals surface area contributed by atoms with Crippen molar-refractivity contribution >= 4 is 56.3 Å². The summed E-state index contributed by atoms with van der Waals surface area (Å²) in [6.07, 6.45) is 0. The summed E-state index contributed by atoms with van der Waals surface area (Å²) in [4.78, 5) is 4.88. The van der Waals surface area contributed by atoms with E-state index in [1.54, 1.807) is 6.07 Å². The van der Waals surface area contributed by atoms with Crippen LogP contribution in [-0.4, -0.2) is 31.3 Å². The van der Waals surface area contributed by atoms with E-state index in [0.29, 0.717) is 5.82 Å². The zero-order valence-electron chi connectivity index (χ0n) is 25.6. The van der Waals surface area contributed by atoms with Gasteiger partial charge in [0.15, 0.2) is 0 Å². The van der Waals surface area contributed by atoms with Gasteiger partial charge in [0.2, 0.25) is 0 Å². The average Bonchev–Trinajstić information content (AvgIpc) is 3.48. The van der Waals surface area contributed by atoms with Gasteiger partial charge in [-0.05, 0) is 52.3 Å². The molecular weight excluding hydrogens is 529 g/mol. The normalized spacial score (nSPS) is 12.7. The smallest absolute Gasteiger partial charge is 0.422 e. The first kappa shape index (κ1) is 27.4. The molecule has 0 saturated carbocycles. The number of benzene rings is 4. The van der Waals surface area contributed by atoms with Crippen molar-refractivity contribution < 1.29 is 10.0 Å². The molecule has 0 unspecified atom stereocenters. The van der Waals surface area contributed by atoms with Crippen LogP contribution < -0.4 is 5.59 Å². The maximum Gasteiger partial charge on any atom is 0.508 e. The van der Waals surface area contributed by atoms with Crippen molar-refractivity contribution in [2.45, 2.75) is 52.4 Å². The third-order valence-corrected chi connectivity index (χ3v) is 8.65. The van der Waals surface area contributed by atoms with Crippen molar-refractivity contribution in [1.29, 1.82) is 0 Å². The molecule has 0 atom stereocenters. The molecule has 7 rings (SSSR count). The van der Waals surface area contributed by atoms with Crippen molar-refractivity contribution in [3.8, 4) is 11.5 Å². The molecule has 3 aromatic heterocycles. The fourth-order valence-corrected chi connectivity index (χ4v) is 6.30. The monoisotopic (exact) mass is 565 g/mol. The highest BCUT2D eigenvalue weighted by molar-refractivity contribution is 6.57. The van der Waals surface area contributed by atoms with Gasteiger partial charge < -0.3 is 14.6 Å². The molecule has 6 heteroatoms. The summed E-state index contributed by atoms with van der Waals surface area (Å²) in [5.41, 5.74) is 7.55. The highest BCUT2D eigenvalue weighted by Crippen LogP contribution is 2.38. The van der Waals surface area contributed by atoms with Gasteiger partial charge in [0.1, 0.15) is 5.82 Å². The summed E-state index contributed by atoms with van der Waals surface area (Å²) in [7, 11) is -1.73. The van der Waals surface area contributed by atoms with Crippen LogP contribution in [0, 0.1) is 0 Å². The fraction of sp³-hybridized carbons (Fsp3) is 0.216. The molecule has 0 aliphatic carbocycles. The predicted molar refractivity (Wildman–Crippen MR) is 180 cm³/mol. The summed E-state index contributed by atoms with van der Waals surface area (Å²) < 4.78 is 4.38. The molecule has 43 heavy (non-hydrogen) atoms. The van der Waals surface area contributed by atoms with Crippen LogP contribution in [0.5, 0.6) is 0 Å². The first-order chi connectivity index (χ1) is 20.4. The van der Waals surface area contributed by atoms with Crippen LogP contribution in [-0.2, 0) is 10.8 Å². The molecule has 3 heterocycles. The predicted octanol–water partition coefficient (Wildman–Crippen LogP) is 7.55. The van der Waals surface area contributed by atoms with E-state index in [9.17, 15) is 10.0 Å². The van der Waals surface area contributed by atoms with Gasteiger partial charge in [-0.25, -0.2) is 4.98 Å². The van der Waals surface area contributed by atoms with E-state index >= 15 is 0 Å². The number of hydrogen-bond acceptors (Lipinski definition) is 3. The number of hydrogen-bond donors (Lipinski definition) is 2. The largest absolute Gasteiger partial charge is 0.508 e. The molecule has 4 aromatic carbocycles. The van der Waals surface area contributed by atoms with E-state index in [1.807, 2.05) is 12.1 Å². The number of nitrogens with zero attached hydrogens (tertiary/aromatic N) is 3. The summed E-state index contributed by atoms with van der Waals surface area (Å²) in [6, 6.07) is 33.9. The first-order valence-corrected chi connectivity index (χ1v) is 14.9. The Hall–Kier alpha value is -4.39. The number of aromatic nitrogens is 3. The van der Waals surface area contributed by atoms with Crippen LogP contribution in [0.3, 0.4) is 0 Å². The minimum absolute atomic E-state index is 0.0449. The van der Waals surface area contributed by atoms with E-state index in [-0.39, 0.29) is 16.4 Å². The fourth-order valence-electron chi connectivity index (χ4n) is 6.30. The first-order valence-electron chi connectivity index (χ1n) is 14.9. The van der Waals surface area contributed by atoms with Crippen LogP contribution in [0.1, 0.15) is 52.7 Å². The van der Waals surface area contributed by atoms with E-state index in [1.165, 1.54) is 11.1 Å². The summed E-state index contributed by atoms with van der Waals surface area (Å²) >= 11 is 0. The standard InChI is InChI=1S/C37H36BN3O2/c1-36(2,3)23-15-17-28-29-18-16-24(37(4,5)6)20-33(29)41(32(28)19-23)35-22-25(21-34(39-35)38(42)43)40-30-13-9-7-11-26(30)27-12-8-10-14-31(27)40/h7-22,42-43H,1-6H3. The highest BCUT2D eigenvalue weighted by Gasteiger charge is 2.24. The molecular formula is C37H36BN3O2. The van der Waals surface area contributed by atoms with Gasteiger partial charge in [-0.15, -0.1) is 0 Å². The number of para-hydroxylation sites is 2. The second kappa shape index (κ2) is 9.56. The molecule has 0 spiro atoms. The molecule has 0 aliphatic heterocycles. The SMILES string of the molecule is CC(C)(C)c1ccc2c3ccc(C(C)(C)C)cc3n(-c3cc(-n4c5ccccc5c5ccccc54)cc(B(O)O)n3)c2c1. The molecule has 0 amide bonds. The van der Waals surface area contributed by atoms with Crippen molar-refractivity contribution in [2.24, 2.45) is 0 Å². The number of pyridine rings is 1. The van der Waals surface area contributed by atoms with E-state index in [2.05, 4.69) is 130 Å². The van der Waals surface area contributed by atoms with Gasteiger partial charge in [-0.1, -0.05) is 102 Å². The molecule has 214 valence electrons. The topological polar surface area (TPSA) is 63.2 Å². The van der Waals surface area contributed by atoms with Crippen LogP contribution in [0.4, 0.5) is 0 Å². The Morgan fingerprint density at radius 2 is 1.00 bits per heavy atom.